The number of sulfonamides is 1. The van der Waals surface area contributed by atoms with Gasteiger partial charge in [0.2, 0.25) is 0 Å². The predicted molar refractivity (Wildman–Crippen MR) is 124 cm³/mol. The van der Waals surface area contributed by atoms with Gasteiger partial charge in [-0.2, -0.15) is 0 Å². The number of hydrogen-bond acceptors (Lipinski definition) is 10. The van der Waals surface area contributed by atoms with E-state index in [4.69, 9.17) is 20.9 Å². The van der Waals surface area contributed by atoms with Gasteiger partial charge in [-0.25, -0.2) is 8.42 Å². The molecule has 0 spiro atoms. The fraction of sp³-hybridized carbons (Fsp3) is 0.333. The number of phenolic OH excluding ortho intramolecular Hbond substituents is 1. The van der Waals surface area contributed by atoms with Crippen LogP contribution in [0.5, 0.6) is 5.75 Å². The zero-order valence-corrected chi connectivity index (χ0v) is 19.7. The third kappa shape index (κ3) is 4.18. The summed E-state index contributed by atoms with van der Waals surface area (Å²) >= 11 is 6.06. The molecule has 2 heterocycles. The fourth-order valence-electron chi connectivity index (χ4n) is 3.58. The predicted octanol–water partition coefficient (Wildman–Crippen LogP) is 2.15. The van der Waals surface area contributed by atoms with Crippen molar-refractivity contribution in [1.82, 2.24) is 4.47 Å². The van der Waals surface area contributed by atoms with Crippen LogP contribution in [-0.2, 0) is 14.9 Å². The molecule has 0 saturated carbocycles. The molecule has 34 heavy (non-hydrogen) atoms. The number of nitrogens with one attached hydrogen (secondary N) is 2. The lowest BCUT2D eigenvalue weighted by Crippen LogP contribution is -2.37. The van der Waals surface area contributed by atoms with Crippen LogP contribution in [0.4, 0.5) is 17.1 Å². The second-order valence-electron chi connectivity index (χ2n) is 7.80. The van der Waals surface area contributed by atoms with Crippen LogP contribution >= 0.6 is 11.6 Å². The summed E-state index contributed by atoms with van der Waals surface area (Å²) in [5.74, 6) is 0.493. The van der Waals surface area contributed by atoms with Crippen molar-refractivity contribution in [1.29, 1.82) is 0 Å². The Bertz CT molecular complexity index is 1410. The van der Waals surface area contributed by atoms with E-state index < -0.39 is 43.7 Å². The molecule has 182 valence electrons. The number of nitrogens with zero attached hydrogens (tertiary/aromatic N) is 1. The zero-order chi connectivity index (χ0) is 24.8. The zero-order valence-electron chi connectivity index (χ0n) is 18.2. The lowest BCUT2D eigenvalue weighted by molar-refractivity contribution is -0.0317. The molecule has 0 aliphatic carbocycles. The lowest BCUT2D eigenvalue weighted by Gasteiger charge is -2.21. The van der Waals surface area contributed by atoms with Gasteiger partial charge in [0.1, 0.15) is 27.8 Å². The number of aliphatic hydroxyl groups excluding tert-OH is 1. The molecule has 11 nitrogen and oxygen atoms in total. The van der Waals surface area contributed by atoms with E-state index in [-0.39, 0.29) is 35.2 Å². The minimum absolute atomic E-state index is 0.0179. The van der Waals surface area contributed by atoms with Crippen molar-refractivity contribution >= 4 is 38.7 Å². The molecule has 0 amide bonds. The lowest BCUT2D eigenvalue weighted by atomic mass is 10.1. The molecule has 0 radical (unpaired) electrons. The molecular formula is C21H22ClN3O8S. The van der Waals surface area contributed by atoms with Crippen molar-refractivity contribution in [3.05, 3.63) is 61.3 Å². The van der Waals surface area contributed by atoms with Gasteiger partial charge in [0.15, 0.2) is 5.75 Å². The number of furan rings is 1. The smallest absolute Gasteiger partial charge is 0.270 e. The number of β-amino-alcohol motifs (C(OH)–C–C–N with tert-alkyl or cyclic N) is 1. The number of hydrogen-bond donors (Lipinski definition) is 4. The number of aryl methyl sites for hydroxylation is 1. The Kier molecular flexibility index (Phi) is 6.44. The Morgan fingerprint density at radius 3 is 2.50 bits per heavy atom. The number of phenols is 1. The molecule has 1 fully saturated rings. The fourth-order valence-corrected chi connectivity index (χ4v) is 5.47. The summed E-state index contributed by atoms with van der Waals surface area (Å²) in [6.07, 6.45) is -0.486. The summed E-state index contributed by atoms with van der Waals surface area (Å²) in [7, 11) is -4.44. The maximum atomic E-state index is 12.9. The van der Waals surface area contributed by atoms with Crippen LogP contribution in [-0.4, -0.2) is 42.4 Å². The SMILES string of the molecule is CC[C@@H](Nc1c(Nc2ccc(Cl)c(S(=O)(=O)N3CC(O)CO3)c2O)c(=O)c1=O)c1ccc(C)o1. The number of halogens is 1. The minimum atomic E-state index is -4.44. The van der Waals surface area contributed by atoms with Crippen molar-refractivity contribution in [3.8, 4) is 5.75 Å². The van der Waals surface area contributed by atoms with Crippen molar-refractivity contribution in [2.45, 2.75) is 37.3 Å². The monoisotopic (exact) mass is 511 g/mol. The molecule has 1 aliphatic rings. The van der Waals surface area contributed by atoms with E-state index in [0.29, 0.717) is 22.4 Å². The average molecular weight is 512 g/mol. The van der Waals surface area contributed by atoms with Gasteiger partial charge < -0.3 is 25.3 Å². The van der Waals surface area contributed by atoms with Crippen molar-refractivity contribution in [2.24, 2.45) is 0 Å². The molecule has 1 unspecified atom stereocenters. The van der Waals surface area contributed by atoms with Gasteiger partial charge in [-0.1, -0.05) is 23.0 Å². The van der Waals surface area contributed by atoms with Crippen molar-refractivity contribution < 1.29 is 27.9 Å². The Morgan fingerprint density at radius 1 is 1.21 bits per heavy atom. The van der Waals surface area contributed by atoms with Gasteiger partial charge in [-0.3, -0.25) is 14.4 Å². The van der Waals surface area contributed by atoms with Crippen LogP contribution in [0.3, 0.4) is 0 Å². The van der Waals surface area contributed by atoms with E-state index in [1.807, 2.05) is 6.92 Å². The first-order valence-electron chi connectivity index (χ1n) is 10.3. The number of rotatable bonds is 8. The van der Waals surface area contributed by atoms with Crippen LogP contribution in [0.15, 0.2) is 43.2 Å². The first-order chi connectivity index (χ1) is 16.0. The van der Waals surface area contributed by atoms with Crippen molar-refractivity contribution in [2.75, 3.05) is 23.8 Å². The summed E-state index contributed by atoms with van der Waals surface area (Å²) in [5.41, 5.74) is -1.92. The summed E-state index contributed by atoms with van der Waals surface area (Å²) in [6, 6.07) is 5.62. The quantitative estimate of drug-likeness (QED) is 0.261. The van der Waals surface area contributed by atoms with Gasteiger partial charge in [-0.05, 0) is 37.6 Å². The van der Waals surface area contributed by atoms with Crippen LogP contribution in [0, 0.1) is 6.92 Å². The normalized spacial score (nSPS) is 17.8. The third-order valence-electron chi connectivity index (χ3n) is 5.38. The van der Waals surface area contributed by atoms with E-state index in [1.165, 1.54) is 12.1 Å². The number of aromatic hydroxyl groups is 1. The number of anilines is 3. The van der Waals surface area contributed by atoms with Crippen molar-refractivity contribution in [3.63, 3.8) is 0 Å². The van der Waals surface area contributed by atoms with Crippen LogP contribution in [0.25, 0.3) is 0 Å². The maximum Gasteiger partial charge on any atom is 0.270 e. The van der Waals surface area contributed by atoms with Crippen LogP contribution in [0.1, 0.15) is 30.9 Å². The molecule has 4 rings (SSSR count). The van der Waals surface area contributed by atoms with Crippen LogP contribution in [0.2, 0.25) is 5.02 Å². The average Bonchev–Trinajstić information content (AvgIpc) is 3.43. The second kappa shape index (κ2) is 9.04. The number of aliphatic hydroxyl groups is 1. The van der Waals surface area contributed by atoms with Gasteiger partial charge in [0, 0.05) is 0 Å². The highest BCUT2D eigenvalue weighted by molar-refractivity contribution is 7.89. The van der Waals surface area contributed by atoms with E-state index in [0.717, 1.165) is 0 Å². The van der Waals surface area contributed by atoms with E-state index in [2.05, 4.69) is 10.6 Å². The first kappa shape index (κ1) is 24.2. The van der Waals surface area contributed by atoms with Gasteiger partial charge in [-0.15, -0.1) is 0 Å². The summed E-state index contributed by atoms with van der Waals surface area (Å²) in [5, 5.41) is 25.6. The summed E-state index contributed by atoms with van der Waals surface area (Å²) in [6.45, 7) is 3.07. The van der Waals surface area contributed by atoms with Gasteiger partial charge in [0.05, 0.1) is 36.0 Å². The molecule has 2 aromatic carbocycles. The molecule has 0 bridgehead atoms. The largest absolute Gasteiger partial charge is 0.504 e. The minimum Gasteiger partial charge on any atom is -0.504 e. The molecular weight excluding hydrogens is 490 g/mol. The standard InChI is InChI=1S/C21H22ClN3O8S/c1-3-13(15-7-4-10(2)33-15)23-16-17(20(29)19(16)28)24-14-6-5-12(22)21(18(14)27)34(30,31)25-8-11(26)9-32-25/h4-7,11,13,23-24,26-27H,3,8-9H2,1-2H3/t11?,13-/m1/s1. The molecule has 13 heteroatoms. The van der Waals surface area contributed by atoms with Gasteiger partial charge in [0.25, 0.3) is 20.9 Å². The Balaban J connectivity index is 1.66. The third-order valence-corrected chi connectivity index (χ3v) is 7.53. The molecule has 1 aliphatic heterocycles. The van der Waals surface area contributed by atoms with Crippen LogP contribution < -0.4 is 21.5 Å². The Morgan fingerprint density at radius 2 is 1.91 bits per heavy atom. The number of hydroxylamine groups is 1. The highest BCUT2D eigenvalue weighted by atomic mass is 35.5. The molecule has 1 aromatic heterocycles. The van der Waals surface area contributed by atoms with E-state index in [9.17, 15) is 28.2 Å². The summed E-state index contributed by atoms with van der Waals surface area (Å²) in [4.78, 5) is 28.8. The van der Waals surface area contributed by atoms with E-state index >= 15 is 0 Å². The highest BCUT2D eigenvalue weighted by Crippen LogP contribution is 2.41. The van der Waals surface area contributed by atoms with Gasteiger partial charge >= 0.3 is 0 Å². The summed E-state index contributed by atoms with van der Waals surface area (Å²) < 4.78 is 32.0. The second-order valence-corrected chi connectivity index (χ2v) is 9.97. The Hall–Kier alpha value is -2.90. The molecule has 1 saturated heterocycles. The maximum absolute atomic E-state index is 12.9. The topological polar surface area (TPSA) is 158 Å². The molecule has 2 atom stereocenters. The first-order valence-corrected chi connectivity index (χ1v) is 12.1. The number of benzene rings is 1. The molecule has 3 aromatic rings. The Labute approximate surface area is 199 Å². The van der Waals surface area contributed by atoms with E-state index in [1.54, 1.807) is 19.1 Å². The highest BCUT2D eigenvalue weighted by Gasteiger charge is 2.37. The molecule has 4 N–H and O–H groups in total.